The first kappa shape index (κ1) is 8.84. The van der Waals surface area contributed by atoms with Crippen LogP contribution in [0, 0.1) is 0 Å². The Hall–Kier alpha value is -2.43. The minimum Gasteiger partial charge on any atom is -0.399 e. The van der Waals surface area contributed by atoms with E-state index in [0.717, 1.165) is 11.4 Å². The number of nitrogens with zero attached hydrogens (tertiary/aromatic N) is 4. The highest BCUT2D eigenvalue weighted by molar-refractivity contribution is 5.62. The fourth-order valence-corrected chi connectivity index (χ4v) is 1.62. The lowest BCUT2D eigenvalue weighted by molar-refractivity contribution is 1.10. The maximum atomic E-state index is 5.74. The van der Waals surface area contributed by atoms with Crippen LogP contribution in [0.15, 0.2) is 42.7 Å². The minimum atomic E-state index is 0.583. The summed E-state index contributed by atoms with van der Waals surface area (Å²) in [5.41, 5.74) is 7.37. The van der Waals surface area contributed by atoms with Crippen LogP contribution in [-0.2, 0) is 0 Å². The van der Waals surface area contributed by atoms with E-state index in [4.69, 9.17) is 5.73 Å². The zero-order chi connectivity index (χ0) is 11.0. The van der Waals surface area contributed by atoms with E-state index in [0.29, 0.717) is 11.5 Å². The van der Waals surface area contributed by atoms with Gasteiger partial charge in [-0.05, 0) is 18.2 Å². The lowest BCUT2D eigenvalue weighted by Gasteiger charge is -2.00. The molecule has 1 aromatic carbocycles. The fraction of sp³-hybridized carbons (Fsp3) is 0. The number of nitrogens with two attached hydrogens (primary N) is 1. The van der Waals surface area contributed by atoms with Gasteiger partial charge in [0.15, 0.2) is 5.82 Å². The third kappa shape index (κ3) is 1.30. The Kier molecular flexibility index (Phi) is 1.83. The summed E-state index contributed by atoms with van der Waals surface area (Å²) in [6.45, 7) is 0. The Morgan fingerprint density at radius 3 is 2.94 bits per heavy atom. The Balaban J connectivity index is 2.26. The zero-order valence-electron chi connectivity index (χ0n) is 8.41. The van der Waals surface area contributed by atoms with Crippen LogP contribution in [0.1, 0.15) is 0 Å². The van der Waals surface area contributed by atoms with Gasteiger partial charge >= 0.3 is 0 Å². The molecular weight excluding hydrogens is 202 g/mol. The maximum Gasteiger partial charge on any atom is 0.255 e. The summed E-state index contributed by atoms with van der Waals surface area (Å²) in [5.74, 6) is 1.33. The van der Waals surface area contributed by atoms with E-state index >= 15 is 0 Å². The molecule has 0 atom stereocenters. The van der Waals surface area contributed by atoms with E-state index in [1.807, 2.05) is 40.9 Å². The van der Waals surface area contributed by atoms with Gasteiger partial charge in [-0.1, -0.05) is 12.1 Å². The van der Waals surface area contributed by atoms with Crippen LogP contribution in [0.25, 0.3) is 17.2 Å². The Morgan fingerprint density at radius 1 is 1.12 bits per heavy atom. The lowest BCUT2D eigenvalue weighted by Crippen LogP contribution is -1.91. The Morgan fingerprint density at radius 2 is 2.06 bits per heavy atom. The van der Waals surface area contributed by atoms with E-state index in [1.165, 1.54) is 0 Å². The van der Waals surface area contributed by atoms with E-state index in [9.17, 15) is 0 Å². The predicted molar refractivity (Wildman–Crippen MR) is 60.6 cm³/mol. The quantitative estimate of drug-likeness (QED) is 0.617. The summed E-state index contributed by atoms with van der Waals surface area (Å²) in [5, 5.41) is 8.09. The van der Waals surface area contributed by atoms with Crippen molar-refractivity contribution in [1.82, 2.24) is 19.6 Å². The number of benzene rings is 1. The number of hydrogen-bond donors (Lipinski definition) is 1. The van der Waals surface area contributed by atoms with Crippen LogP contribution in [0.4, 0.5) is 5.69 Å². The maximum absolute atomic E-state index is 5.74. The Bertz CT molecular complexity index is 643. The van der Waals surface area contributed by atoms with E-state index in [-0.39, 0.29) is 0 Å². The molecule has 2 N–H and O–H groups in total. The zero-order valence-corrected chi connectivity index (χ0v) is 8.41. The number of rotatable bonds is 1. The fourth-order valence-electron chi connectivity index (χ4n) is 1.62. The van der Waals surface area contributed by atoms with Gasteiger partial charge in [0, 0.05) is 23.6 Å². The van der Waals surface area contributed by atoms with Crippen LogP contribution >= 0.6 is 0 Å². The highest BCUT2D eigenvalue weighted by Crippen LogP contribution is 2.19. The molecule has 0 amide bonds. The first-order valence-electron chi connectivity index (χ1n) is 4.86. The molecule has 78 valence electrons. The van der Waals surface area contributed by atoms with Crippen LogP contribution in [0.5, 0.6) is 0 Å². The van der Waals surface area contributed by atoms with Crippen LogP contribution in [0.3, 0.4) is 0 Å². The minimum absolute atomic E-state index is 0.583. The lowest BCUT2D eigenvalue weighted by atomic mass is 10.2. The average molecular weight is 211 g/mol. The van der Waals surface area contributed by atoms with Gasteiger partial charge in [-0.2, -0.15) is 0 Å². The van der Waals surface area contributed by atoms with Crippen LogP contribution < -0.4 is 5.73 Å². The molecule has 0 spiro atoms. The van der Waals surface area contributed by atoms with Crippen molar-refractivity contribution in [2.75, 3.05) is 5.73 Å². The summed E-state index contributed by atoms with van der Waals surface area (Å²) < 4.78 is 1.83. The molecule has 0 radical (unpaired) electrons. The van der Waals surface area contributed by atoms with Crippen molar-refractivity contribution in [3.05, 3.63) is 42.7 Å². The number of anilines is 1. The van der Waals surface area contributed by atoms with Crippen molar-refractivity contribution in [3.63, 3.8) is 0 Å². The number of hydrogen-bond acceptors (Lipinski definition) is 4. The van der Waals surface area contributed by atoms with Gasteiger partial charge in [0.25, 0.3) is 5.78 Å². The topological polar surface area (TPSA) is 69.1 Å². The summed E-state index contributed by atoms with van der Waals surface area (Å²) in [6.07, 6.45) is 3.56. The largest absolute Gasteiger partial charge is 0.399 e. The molecule has 3 aromatic rings. The van der Waals surface area contributed by atoms with Crippen molar-refractivity contribution in [2.24, 2.45) is 0 Å². The molecule has 5 heteroatoms. The molecule has 0 bridgehead atoms. The number of fused-ring (bicyclic) bond motifs is 1. The summed E-state index contributed by atoms with van der Waals surface area (Å²) in [4.78, 5) is 4.11. The SMILES string of the molecule is Nc1cccc(-c2nnc3ncccn23)c1. The van der Waals surface area contributed by atoms with Gasteiger partial charge in [-0.25, -0.2) is 4.98 Å². The van der Waals surface area contributed by atoms with Crippen molar-refractivity contribution in [3.8, 4) is 11.4 Å². The van der Waals surface area contributed by atoms with Crippen molar-refractivity contribution >= 4 is 11.5 Å². The second kappa shape index (κ2) is 3.30. The van der Waals surface area contributed by atoms with Gasteiger partial charge in [-0.3, -0.25) is 4.40 Å². The summed E-state index contributed by atoms with van der Waals surface area (Å²) >= 11 is 0. The van der Waals surface area contributed by atoms with E-state index in [1.54, 1.807) is 6.20 Å². The normalized spacial score (nSPS) is 10.8. The van der Waals surface area contributed by atoms with E-state index in [2.05, 4.69) is 15.2 Å². The highest BCUT2D eigenvalue weighted by Gasteiger charge is 2.07. The van der Waals surface area contributed by atoms with Crippen LogP contribution in [0.2, 0.25) is 0 Å². The monoisotopic (exact) mass is 211 g/mol. The standard InChI is InChI=1S/C11H9N5/c12-9-4-1-3-8(7-9)10-14-15-11-13-5-2-6-16(10)11/h1-7H,12H2. The molecule has 2 heterocycles. The smallest absolute Gasteiger partial charge is 0.255 e. The summed E-state index contributed by atoms with van der Waals surface area (Å²) in [7, 11) is 0. The van der Waals surface area contributed by atoms with Gasteiger partial charge < -0.3 is 5.73 Å². The van der Waals surface area contributed by atoms with E-state index < -0.39 is 0 Å². The molecule has 0 unspecified atom stereocenters. The molecule has 0 fully saturated rings. The number of nitrogen functional groups attached to an aromatic ring is 1. The number of aromatic nitrogens is 4. The molecule has 16 heavy (non-hydrogen) atoms. The first-order chi connectivity index (χ1) is 7.84. The van der Waals surface area contributed by atoms with Gasteiger partial charge in [0.05, 0.1) is 0 Å². The van der Waals surface area contributed by atoms with Gasteiger partial charge in [0.2, 0.25) is 0 Å². The second-order valence-corrected chi connectivity index (χ2v) is 3.44. The molecule has 0 aliphatic carbocycles. The van der Waals surface area contributed by atoms with Crippen LogP contribution in [-0.4, -0.2) is 19.6 Å². The second-order valence-electron chi connectivity index (χ2n) is 3.44. The molecule has 3 rings (SSSR count). The molecular formula is C11H9N5. The Labute approximate surface area is 91.6 Å². The third-order valence-corrected chi connectivity index (χ3v) is 2.33. The van der Waals surface area contributed by atoms with Gasteiger partial charge in [-0.15, -0.1) is 10.2 Å². The average Bonchev–Trinajstić information content (AvgIpc) is 2.72. The molecule has 2 aromatic heterocycles. The molecule has 0 saturated carbocycles. The van der Waals surface area contributed by atoms with Crippen molar-refractivity contribution in [1.29, 1.82) is 0 Å². The first-order valence-corrected chi connectivity index (χ1v) is 4.86. The predicted octanol–water partition coefficient (Wildman–Crippen LogP) is 1.37. The molecule has 0 saturated heterocycles. The molecule has 0 aliphatic rings. The summed E-state index contributed by atoms with van der Waals surface area (Å²) in [6, 6.07) is 9.38. The van der Waals surface area contributed by atoms with Crippen molar-refractivity contribution < 1.29 is 0 Å². The molecule has 5 nitrogen and oxygen atoms in total. The van der Waals surface area contributed by atoms with Crippen molar-refractivity contribution in [2.45, 2.75) is 0 Å². The highest BCUT2D eigenvalue weighted by atomic mass is 15.3. The third-order valence-electron chi connectivity index (χ3n) is 2.33. The molecule has 0 aliphatic heterocycles. The van der Waals surface area contributed by atoms with Gasteiger partial charge in [0.1, 0.15) is 0 Å².